The van der Waals surface area contributed by atoms with E-state index in [0.717, 1.165) is 0 Å². The van der Waals surface area contributed by atoms with E-state index in [2.05, 4.69) is 0 Å². The van der Waals surface area contributed by atoms with Crippen molar-refractivity contribution in [1.82, 2.24) is 0 Å². The first-order valence-corrected chi connectivity index (χ1v) is 4.38. The molecule has 0 N–H and O–H groups in total. The van der Waals surface area contributed by atoms with E-state index in [-0.39, 0.29) is 181 Å². The summed E-state index contributed by atoms with van der Waals surface area (Å²) in [5.41, 5.74) is 0. The van der Waals surface area contributed by atoms with E-state index in [4.69, 9.17) is 38.5 Å². The fourth-order valence-electron chi connectivity index (χ4n) is 0. The molecule has 19 heteroatoms. The number of hydrogen-bond donors (Lipinski definition) is 0. The smallest absolute Gasteiger partial charge is 1.00 e. The van der Waals surface area contributed by atoms with Gasteiger partial charge < -0.3 is 42.8 Å². The Hall–Kier alpha value is 5.87. The summed E-state index contributed by atoms with van der Waals surface area (Å²) in [5, 5.41) is 0. The first-order chi connectivity index (χ1) is 4.00. The standard InChI is InChI=1S/3Fe.3Li.3Mg.2H3O4P.3H/c;;;;;;;;;2*1-5(2,3)4;;;/h;;;;;;;;;2*(H3,1,2,3,4);;;/q;;;3*+1;3*+2;;;3*-1/p-6. The summed E-state index contributed by atoms with van der Waals surface area (Å²) in [4.78, 5) is 51.3. The van der Waals surface area contributed by atoms with Gasteiger partial charge in [0, 0.05) is 51.2 Å². The van der Waals surface area contributed by atoms with Crippen LogP contribution in [-0.4, -0.2) is 69.2 Å². The Bertz CT molecular complexity index is 165. The molecule has 0 radical (unpaired) electrons. The van der Waals surface area contributed by atoms with Crippen LogP contribution in [0.4, 0.5) is 0 Å². The van der Waals surface area contributed by atoms with Crippen LogP contribution in [0, 0.1) is 0 Å². The Balaban J connectivity index is -0.00000000314. The van der Waals surface area contributed by atoms with Gasteiger partial charge in [-0.1, -0.05) is 0 Å². The molecule has 0 aromatic carbocycles. The molecule has 0 bridgehead atoms. The normalized spacial score (nSPS) is 6.21. The van der Waals surface area contributed by atoms with Crippen molar-refractivity contribution in [3.8, 4) is 0 Å². The molecule has 0 aliphatic heterocycles. The zero-order valence-corrected chi connectivity index (χ0v) is 19.7. The summed E-state index contributed by atoms with van der Waals surface area (Å²) in [7, 11) is -10.8. The maximum absolute atomic E-state index is 8.55. The molecule has 0 rings (SSSR count). The summed E-state index contributed by atoms with van der Waals surface area (Å²) >= 11 is 0. The van der Waals surface area contributed by atoms with Crippen molar-refractivity contribution in [2.45, 2.75) is 0 Å². The van der Waals surface area contributed by atoms with Gasteiger partial charge in [-0.15, -0.1) is 0 Å². The monoisotopic (exact) mass is 454 g/mol. The van der Waals surface area contributed by atoms with Crippen LogP contribution in [0.5, 0.6) is 0 Å². The molecular formula is H3Fe3Li3Mg3O8P2. The van der Waals surface area contributed by atoms with Crippen molar-refractivity contribution < 1.29 is 151 Å². The second-order valence-corrected chi connectivity index (χ2v) is 2.68. The fraction of sp³-hybridized carbons (Fsp3) is 0. The predicted molar refractivity (Wildman–Crippen MR) is 35.8 cm³/mol. The van der Waals surface area contributed by atoms with Crippen molar-refractivity contribution in [2.24, 2.45) is 0 Å². The Labute approximate surface area is 231 Å². The molecule has 8 nitrogen and oxygen atoms in total. The number of hydrogen-bond acceptors (Lipinski definition) is 8. The maximum atomic E-state index is 8.55. The second-order valence-electron chi connectivity index (χ2n) is 0.894. The average molecular weight is 454 g/mol. The van der Waals surface area contributed by atoms with Gasteiger partial charge in [-0.25, -0.2) is 0 Å². The van der Waals surface area contributed by atoms with E-state index in [9.17, 15) is 0 Å². The van der Waals surface area contributed by atoms with Crippen LogP contribution in [0.2, 0.25) is 0 Å². The van der Waals surface area contributed by atoms with Crippen LogP contribution in [0.25, 0.3) is 0 Å². The SMILES string of the molecule is O=P([O-])([O-])[O-].O=P([O-])([O-])[O-].[Fe].[Fe].[Fe].[H-].[H-].[H-].[Li+].[Li+].[Li+].[Mg+2].[Mg+2].[Mg+2]. The van der Waals surface area contributed by atoms with Crippen molar-refractivity contribution in [3.05, 3.63) is 0 Å². The first-order valence-electron chi connectivity index (χ1n) is 1.46. The van der Waals surface area contributed by atoms with Crippen LogP contribution in [0.3, 0.4) is 0 Å². The van der Waals surface area contributed by atoms with E-state index in [1.807, 2.05) is 0 Å². The minimum Gasteiger partial charge on any atom is -1.00 e. The first kappa shape index (κ1) is 73.7. The third kappa shape index (κ3) is 331. The average Bonchev–Trinajstić information content (AvgIpc) is 1.12. The number of rotatable bonds is 0. The van der Waals surface area contributed by atoms with Crippen molar-refractivity contribution in [3.63, 3.8) is 0 Å². The van der Waals surface area contributed by atoms with Crippen LogP contribution in [-0.2, 0) is 60.3 Å². The van der Waals surface area contributed by atoms with Gasteiger partial charge in [0.25, 0.3) is 0 Å². The molecule has 0 amide bonds. The van der Waals surface area contributed by atoms with Crippen molar-refractivity contribution in [2.75, 3.05) is 0 Å². The molecular weight excluding hydrogens is 451 g/mol. The molecule has 0 unspecified atom stereocenters. The summed E-state index contributed by atoms with van der Waals surface area (Å²) in [6.45, 7) is 0. The molecule has 0 saturated carbocycles. The minimum atomic E-state index is -5.39. The van der Waals surface area contributed by atoms with E-state index in [0.29, 0.717) is 0 Å². The molecule has 0 heterocycles. The second kappa shape index (κ2) is 39.1. The third-order valence-electron chi connectivity index (χ3n) is 0. The van der Waals surface area contributed by atoms with Crippen molar-refractivity contribution >= 4 is 84.8 Å². The van der Waals surface area contributed by atoms with Crippen LogP contribution in [0.1, 0.15) is 4.28 Å². The molecule has 0 aliphatic rings. The minimum absolute atomic E-state index is 0. The predicted octanol–water partition coefficient (Wildman–Crippen LogP) is -15.4. The molecule has 0 aromatic heterocycles. The Kier molecular flexibility index (Phi) is 152. The Morgan fingerprint density at radius 1 is 0.526 bits per heavy atom. The van der Waals surface area contributed by atoms with Crippen LogP contribution in [0.15, 0.2) is 0 Å². The summed E-state index contributed by atoms with van der Waals surface area (Å²) < 4.78 is 17.1. The molecule has 0 aliphatic carbocycles. The van der Waals surface area contributed by atoms with Gasteiger partial charge in [-0.3, -0.25) is 0 Å². The summed E-state index contributed by atoms with van der Waals surface area (Å²) in [5.74, 6) is 0. The van der Waals surface area contributed by atoms with E-state index in [1.54, 1.807) is 0 Å². The zero-order valence-electron chi connectivity index (χ0n) is 13.3. The van der Waals surface area contributed by atoms with E-state index >= 15 is 0 Å². The summed E-state index contributed by atoms with van der Waals surface area (Å²) in [6, 6.07) is 0. The molecule has 0 fully saturated rings. The zero-order chi connectivity index (χ0) is 9.00. The van der Waals surface area contributed by atoms with Crippen LogP contribution >= 0.6 is 15.6 Å². The van der Waals surface area contributed by atoms with Crippen molar-refractivity contribution in [1.29, 1.82) is 0 Å². The van der Waals surface area contributed by atoms with Gasteiger partial charge in [0.05, 0.1) is 0 Å². The van der Waals surface area contributed by atoms with Gasteiger partial charge in [-0.2, -0.15) is 15.6 Å². The van der Waals surface area contributed by atoms with Gasteiger partial charge in [0.2, 0.25) is 0 Å². The van der Waals surface area contributed by atoms with E-state index in [1.165, 1.54) is 0 Å². The molecule has 0 spiro atoms. The van der Waals surface area contributed by atoms with Gasteiger partial charge >= 0.3 is 126 Å². The molecule has 0 saturated heterocycles. The van der Waals surface area contributed by atoms with Crippen LogP contribution < -0.4 is 85.9 Å². The molecule has 94 valence electrons. The van der Waals surface area contributed by atoms with E-state index < -0.39 is 15.6 Å². The topological polar surface area (TPSA) is 172 Å². The maximum Gasteiger partial charge on any atom is 2.00 e. The summed E-state index contributed by atoms with van der Waals surface area (Å²) in [6.07, 6.45) is 0. The third-order valence-corrected chi connectivity index (χ3v) is 0. The fourth-order valence-corrected chi connectivity index (χ4v) is 0. The molecule has 0 aromatic rings. The Morgan fingerprint density at radius 3 is 0.526 bits per heavy atom. The number of phosphoric acid groups is 2. The van der Waals surface area contributed by atoms with Gasteiger partial charge in [0.15, 0.2) is 0 Å². The Morgan fingerprint density at radius 2 is 0.526 bits per heavy atom. The quantitative estimate of drug-likeness (QED) is 0.256. The van der Waals surface area contributed by atoms with Gasteiger partial charge in [0.1, 0.15) is 0 Å². The molecule has 19 heavy (non-hydrogen) atoms. The largest absolute Gasteiger partial charge is 2.00 e. The van der Waals surface area contributed by atoms with Gasteiger partial charge in [-0.05, 0) is 0 Å². The molecule has 0 atom stereocenters.